The molecule has 0 amide bonds. The summed E-state index contributed by atoms with van der Waals surface area (Å²) in [6.45, 7) is 3.04. The molecule has 3 nitrogen and oxygen atoms in total. The van der Waals surface area contributed by atoms with Crippen molar-refractivity contribution in [2.45, 2.75) is 32.2 Å². The Kier molecular flexibility index (Phi) is 7.11. The van der Waals surface area contributed by atoms with E-state index >= 15 is 0 Å². The van der Waals surface area contributed by atoms with Gasteiger partial charge in [-0.2, -0.15) is 5.26 Å². The number of unbranched alkanes of at least 4 members (excludes halogenated alkanes) is 1. The van der Waals surface area contributed by atoms with Gasteiger partial charge in [-0.15, -0.1) is 0 Å². The molecule has 0 saturated carbocycles. The number of hydrogen-bond donors (Lipinski definition) is 2. The van der Waals surface area contributed by atoms with Crippen LogP contribution < -0.4 is 5.32 Å². The molecule has 3 heteroatoms. The molecule has 0 radical (unpaired) electrons. The molecule has 0 aliphatic rings. The van der Waals surface area contributed by atoms with E-state index in [9.17, 15) is 0 Å². The summed E-state index contributed by atoms with van der Waals surface area (Å²) in [4.78, 5) is 0. The van der Waals surface area contributed by atoms with E-state index in [4.69, 9.17) is 10.4 Å². The van der Waals surface area contributed by atoms with Crippen molar-refractivity contribution in [1.29, 1.82) is 5.26 Å². The van der Waals surface area contributed by atoms with Crippen LogP contribution in [0.2, 0.25) is 0 Å². The molecule has 1 atom stereocenters. The maximum Gasteiger partial charge on any atom is 0.0622 e. The Morgan fingerprint density at radius 2 is 2.36 bits per heavy atom. The second-order valence-electron chi connectivity index (χ2n) is 2.50. The van der Waals surface area contributed by atoms with Crippen LogP contribution in [0.25, 0.3) is 0 Å². The summed E-state index contributed by atoms with van der Waals surface area (Å²) in [5.41, 5.74) is 0. The lowest BCUT2D eigenvalue weighted by Crippen LogP contribution is -2.32. The Morgan fingerprint density at radius 3 is 2.82 bits per heavy atom. The van der Waals surface area contributed by atoms with E-state index in [0.717, 1.165) is 19.4 Å². The average molecular weight is 156 g/mol. The molecule has 0 spiro atoms. The van der Waals surface area contributed by atoms with Gasteiger partial charge in [-0.1, -0.05) is 6.92 Å². The highest BCUT2D eigenvalue weighted by atomic mass is 16.3. The fourth-order valence-electron chi connectivity index (χ4n) is 0.812. The summed E-state index contributed by atoms with van der Waals surface area (Å²) in [6.07, 6.45) is 2.39. The Bertz CT molecular complexity index is 116. The molecule has 0 aliphatic heterocycles. The Hall–Kier alpha value is -0.590. The van der Waals surface area contributed by atoms with E-state index in [1.54, 1.807) is 0 Å². The first-order chi connectivity index (χ1) is 5.35. The Morgan fingerprint density at radius 1 is 1.64 bits per heavy atom. The van der Waals surface area contributed by atoms with E-state index in [1.165, 1.54) is 0 Å². The predicted molar refractivity (Wildman–Crippen MR) is 44.0 cm³/mol. The van der Waals surface area contributed by atoms with Crippen LogP contribution in [0.4, 0.5) is 0 Å². The normalized spacial score (nSPS) is 12.5. The van der Waals surface area contributed by atoms with Gasteiger partial charge in [0.25, 0.3) is 0 Å². The minimum Gasteiger partial charge on any atom is -0.395 e. The van der Waals surface area contributed by atoms with Crippen LogP contribution in [0.1, 0.15) is 26.2 Å². The van der Waals surface area contributed by atoms with Crippen molar-refractivity contribution < 1.29 is 5.11 Å². The van der Waals surface area contributed by atoms with E-state index in [0.29, 0.717) is 6.42 Å². The molecule has 2 N–H and O–H groups in total. The van der Waals surface area contributed by atoms with Gasteiger partial charge in [-0.05, 0) is 19.4 Å². The van der Waals surface area contributed by atoms with Crippen LogP contribution in [0.15, 0.2) is 0 Å². The third-order valence-electron chi connectivity index (χ3n) is 1.61. The van der Waals surface area contributed by atoms with E-state index in [1.807, 2.05) is 6.92 Å². The summed E-state index contributed by atoms with van der Waals surface area (Å²) in [5, 5.41) is 20.1. The summed E-state index contributed by atoms with van der Waals surface area (Å²) in [7, 11) is 0. The summed E-state index contributed by atoms with van der Waals surface area (Å²) < 4.78 is 0. The lowest BCUT2D eigenvalue weighted by atomic mass is 10.2. The number of nitriles is 1. The topological polar surface area (TPSA) is 56.0 Å². The van der Waals surface area contributed by atoms with Gasteiger partial charge in [-0.3, -0.25) is 0 Å². The molecule has 11 heavy (non-hydrogen) atoms. The van der Waals surface area contributed by atoms with Gasteiger partial charge in [0.15, 0.2) is 0 Å². The zero-order valence-electron chi connectivity index (χ0n) is 7.01. The Labute approximate surface area is 68.0 Å². The molecule has 0 aromatic carbocycles. The van der Waals surface area contributed by atoms with Crippen LogP contribution in [0.3, 0.4) is 0 Å². The van der Waals surface area contributed by atoms with Crippen molar-refractivity contribution in [2.75, 3.05) is 13.2 Å². The first-order valence-electron chi connectivity index (χ1n) is 4.06. The smallest absolute Gasteiger partial charge is 0.0622 e. The monoisotopic (exact) mass is 156 g/mol. The first-order valence-corrected chi connectivity index (χ1v) is 4.06. The number of hydrogen-bond acceptors (Lipinski definition) is 3. The molecule has 0 bridgehead atoms. The standard InChI is InChI=1S/C8H16N2O/c1-2-8(7-11)10-6-4-3-5-9/h8,10-11H,2-4,6-7H2,1H3. The van der Waals surface area contributed by atoms with Gasteiger partial charge in [0, 0.05) is 12.5 Å². The van der Waals surface area contributed by atoms with Crippen LogP contribution >= 0.6 is 0 Å². The number of aliphatic hydroxyl groups is 1. The van der Waals surface area contributed by atoms with Gasteiger partial charge >= 0.3 is 0 Å². The summed E-state index contributed by atoms with van der Waals surface area (Å²) >= 11 is 0. The van der Waals surface area contributed by atoms with Crippen molar-refractivity contribution in [3.63, 3.8) is 0 Å². The number of nitrogens with one attached hydrogen (secondary N) is 1. The molecule has 0 heterocycles. The maximum atomic E-state index is 8.76. The van der Waals surface area contributed by atoms with Crippen LogP contribution in [-0.4, -0.2) is 24.3 Å². The fourth-order valence-corrected chi connectivity index (χ4v) is 0.812. The summed E-state index contributed by atoms with van der Waals surface area (Å²) in [5.74, 6) is 0. The minimum absolute atomic E-state index is 0.184. The van der Waals surface area contributed by atoms with Gasteiger partial charge < -0.3 is 10.4 Å². The fraction of sp³-hybridized carbons (Fsp3) is 0.875. The van der Waals surface area contributed by atoms with Crippen LogP contribution in [-0.2, 0) is 0 Å². The second kappa shape index (κ2) is 7.52. The molecular weight excluding hydrogens is 140 g/mol. The molecule has 0 saturated heterocycles. The zero-order valence-corrected chi connectivity index (χ0v) is 7.01. The number of nitrogens with zero attached hydrogens (tertiary/aromatic N) is 1. The van der Waals surface area contributed by atoms with Crippen molar-refractivity contribution in [3.8, 4) is 6.07 Å². The van der Waals surface area contributed by atoms with Crippen molar-refractivity contribution in [1.82, 2.24) is 5.32 Å². The average Bonchev–Trinajstić information content (AvgIpc) is 2.05. The largest absolute Gasteiger partial charge is 0.395 e. The lowest BCUT2D eigenvalue weighted by molar-refractivity contribution is 0.239. The Balaban J connectivity index is 3.16. The molecule has 1 unspecified atom stereocenters. The lowest BCUT2D eigenvalue weighted by Gasteiger charge is -2.12. The first kappa shape index (κ1) is 10.4. The molecule has 0 aromatic heterocycles. The second-order valence-corrected chi connectivity index (χ2v) is 2.50. The molecule has 0 aliphatic carbocycles. The highest BCUT2D eigenvalue weighted by molar-refractivity contribution is 4.70. The molecule has 64 valence electrons. The quantitative estimate of drug-likeness (QED) is 0.555. The van der Waals surface area contributed by atoms with Gasteiger partial charge in [-0.25, -0.2) is 0 Å². The van der Waals surface area contributed by atoms with Crippen molar-refractivity contribution in [3.05, 3.63) is 0 Å². The number of aliphatic hydroxyl groups excluding tert-OH is 1. The van der Waals surface area contributed by atoms with Crippen molar-refractivity contribution >= 4 is 0 Å². The van der Waals surface area contributed by atoms with E-state index in [-0.39, 0.29) is 12.6 Å². The third-order valence-corrected chi connectivity index (χ3v) is 1.61. The van der Waals surface area contributed by atoms with Crippen LogP contribution in [0.5, 0.6) is 0 Å². The van der Waals surface area contributed by atoms with Gasteiger partial charge in [0.2, 0.25) is 0 Å². The van der Waals surface area contributed by atoms with Crippen LogP contribution in [0, 0.1) is 11.3 Å². The SMILES string of the molecule is CCC(CO)NCCCC#N. The minimum atomic E-state index is 0.184. The molecule has 0 aromatic rings. The zero-order chi connectivity index (χ0) is 8.53. The third kappa shape index (κ3) is 5.84. The van der Waals surface area contributed by atoms with E-state index in [2.05, 4.69) is 11.4 Å². The van der Waals surface area contributed by atoms with Crippen molar-refractivity contribution in [2.24, 2.45) is 0 Å². The molecule has 0 fully saturated rings. The highest BCUT2D eigenvalue weighted by Gasteiger charge is 2.00. The predicted octanol–water partition coefficient (Wildman–Crippen LogP) is 0.651. The van der Waals surface area contributed by atoms with Gasteiger partial charge in [0.05, 0.1) is 12.7 Å². The summed E-state index contributed by atoms with van der Waals surface area (Å²) in [6, 6.07) is 2.28. The number of rotatable bonds is 6. The maximum absolute atomic E-state index is 8.76. The highest BCUT2D eigenvalue weighted by Crippen LogP contribution is 1.90. The molecule has 0 rings (SSSR count). The van der Waals surface area contributed by atoms with Gasteiger partial charge in [0.1, 0.15) is 0 Å². The molecular formula is C8H16N2O. The van der Waals surface area contributed by atoms with E-state index < -0.39 is 0 Å².